The van der Waals surface area contributed by atoms with Crippen LogP contribution in [0.4, 0.5) is 10.1 Å². The lowest BCUT2D eigenvalue weighted by molar-refractivity contribution is -0.115. The monoisotopic (exact) mass is 354 g/mol. The highest BCUT2D eigenvalue weighted by Crippen LogP contribution is 2.24. The summed E-state index contributed by atoms with van der Waals surface area (Å²) < 4.78 is 13.3. The molecule has 1 heterocycles. The SMILES string of the molecule is CCc1ccc(-c2nc(CC(=O)Nc3cc(F)ccc3C)cs2)cc1. The van der Waals surface area contributed by atoms with Crippen LogP contribution in [0.2, 0.25) is 0 Å². The second kappa shape index (κ2) is 7.57. The third kappa shape index (κ3) is 4.31. The lowest BCUT2D eigenvalue weighted by atomic mass is 10.1. The topological polar surface area (TPSA) is 42.0 Å². The highest BCUT2D eigenvalue weighted by atomic mass is 32.1. The first-order valence-corrected chi connectivity index (χ1v) is 9.03. The first kappa shape index (κ1) is 17.3. The summed E-state index contributed by atoms with van der Waals surface area (Å²) in [4.78, 5) is 16.7. The second-order valence-electron chi connectivity index (χ2n) is 5.88. The Balaban J connectivity index is 1.68. The van der Waals surface area contributed by atoms with Gasteiger partial charge in [0, 0.05) is 16.6 Å². The molecule has 0 atom stereocenters. The van der Waals surface area contributed by atoms with Crippen LogP contribution in [0.3, 0.4) is 0 Å². The number of hydrogen-bond donors (Lipinski definition) is 1. The van der Waals surface area contributed by atoms with Gasteiger partial charge in [0.05, 0.1) is 12.1 Å². The molecule has 0 spiro atoms. The zero-order valence-electron chi connectivity index (χ0n) is 14.2. The number of rotatable bonds is 5. The van der Waals surface area contributed by atoms with Gasteiger partial charge in [0.25, 0.3) is 0 Å². The Labute approximate surface area is 150 Å². The molecule has 0 radical (unpaired) electrons. The van der Waals surface area contributed by atoms with E-state index in [1.165, 1.54) is 29.0 Å². The van der Waals surface area contributed by atoms with Crippen LogP contribution in [0, 0.1) is 12.7 Å². The minimum absolute atomic E-state index is 0.166. The number of aromatic nitrogens is 1. The molecular weight excluding hydrogens is 335 g/mol. The molecule has 3 aromatic rings. The van der Waals surface area contributed by atoms with Gasteiger partial charge in [-0.2, -0.15) is 0 Å². The summed E-state index contributed by atoms with van der Waals surface area (Å²) in [6.07, 6.45) is 1.17. The highest BCUT2D eigenvalue weighted by molar-refractivity contribution is 7.13. The van der Waals surface area contributed by atoms with Crippen molar-refractivity contribution >= 4 is 22.9 Å². The maximum atomic E-state index is 13.3. The minimum atomic E-state index is -0.368. The Kier molecular flexibility index (Phi) is 5.24. The van der Waals surface area contributed by atoms with E-state index in [0.717, 1.165) is 22.6 Å². The molecule has 5 heteroatoms. The van der Waals surface area contributed by atoms with Crippen molar-refractivity contribution in [1.82, 2.24) is 4.98 Å². The van der Waals surface area contributed by atoms with Gasteiger partial charge in [0.1, 0.15) is 10.8 Å². The van der Waals surface area contributed by atoms with E-state index in [1.54, 1.807) is 6.07 Å². The van der Waals surface area contributed by atoms with Crippen molar-refractivity contribution in [3.63, 3.8) is 0 Å². The molecule has 3 rings (SSSR count). The third-order valence-corrected chi connectivity index (χ3v) is 4.92. The second-order valence-corrected chi connectivity index (χ2v) is 6.74. The maximum Gasteiger partial charge on any atom is 0.230 e. The van der Waals surface area contributed by atoms with E-state index < -0.39 is 0 Å². The van der Waals surface area contributed by atoms with Crippen molar-refractivity contribution in [2.24, 2.45) is 0 Å². The minimum Gasteiger partial charge on any atom is -0.325 e. The fourth-order valence-electron chi connectivity index (χ4n) is 2.49. The van der Waals surface area contributed by atoms with E-state index in [1.807, 2.05) is 12.3 Å². The Hall–Kier alpha value is -2.53. The molecule has 0 aliphatic carbocycles. The number of thiazole rings is 1. The standard InChI is InChI=1S/C20H19FN2OS/c1-3-14-5-7-15(8-6-14)20-22-17(12-25-20)11-19(24)23-18-10-16(21)9-4-13(18)2/h4-10,12H,3,11H2,1-2H3,(H,23,24). The van der Waals surface area contributed by atoms with Crippen LogP contribution in [0.25, 0.3) is 10.6 Å². The number of nitrogens with one attached hydrogen (secondary N) is 1. The molecule has 25 heavy (non-hydrogen) atoms. The Morgan fingerprint density at radius 2 is 1.96 bits per heavy atom. The number of benzene rings is 2. The molecule has 0 unspecified atom stereocenters. The molecule has 0 aliphatic rings. The number of carbonyl (C=O) groups is 1. The van der Waals surface area contributed by atoms with Crippen molar-refractivity contribution in [2.45, 2.75) is 26.7 Å². The van der Waals surface area contributed by atoms with Crippen LogP contribution in [-0.4, -0.2) is 10.9 Å². The summed E-state index contributed by atoms with van der Waals surface area (Å²) in [7, 11) is 0. The van der Waals surface area contributed by atoms with Gasteiger partial charge in [-0.1, -0.05) is 37.3 Å². The average molecular weight is 354 g/mol. The fourth-order valence-corrected chi connectivity index (χ4v) is 3.32. The molecule has 0 fully saturated rings. The van der Waals surface area contributed by atoms with E-state index in [9.17, 15) is 9.18 Å². The van der Waals surface area contributed by atoms with Gasteiger partial charge < -0.3 is 5.32 Å². The number of aryl methyl sites for hydroxylation is 2. The molecule has 0 saturated heterocycles. The van der Waals surface area contributed by atoms with Gasteiger partial charge in [-0.05, 0) is 36.6 Å². The molecule has 3 nitrogen and oxygen atoms in total. The molecule has 1 aromatic heterocycles. The summed E-state index contributed by atoms with van der Waals surface area (Å²) >= 11 is 1.52. The molecule has 0 bridgehead atoms. The zero-order chi connectivity index (χ0) is 17.8. The number of halogens is 1. The summed E-state index contributed by atoms with van der Waals surface area (Å²) in [5.74, 6) is -0.570. The number of anilines is 1. The van der Waals surface area contributed by atoms with Crippen LogP contribution >= 0.6 is 11.3 Å². The Bertz CT molecular complexity index is 887. The summed E-state index contributed by atoms with van der Waals surface area (Å²) in [6.45, 7) is 3.95. The molecule has 2 aromatic carbocycles. The van der Waals surface area contributed by atoms with Crippen molar-refractivity contribution in [3.8, 4) is 10.6 Å². The maximum absolute atomic E-state index is 13.3. The van der Waals surface area contributed by atoms with Gasteiger partial charge >= 0.3 is 0 Å². The smallest absolute Gasteiger partial charge is 0.230 e. The molecule has 1 amide bonds. The average Bonchev–Trinajstić information content (AvgIpc) is 3.06. The highest BCUT2D eigenvalue weighted by Gasteiger charge is 2.11. The molecule has 128 valence electrons. The normalized spacial score (nSPS) is 10.7. The van der Waals surface area contributed by atoms with Gasteiger partial charge in [-0.15, -0.1) is 11.3 Å². The van der Waals surface area contributed by atoms with Crippen molar-refractivity contribution in [3.05, 3.63) is 70.5 Å². The summed E-state index contributed by atoms with van der Waals surface area (Å²) in [6, 6.07) is 12.6. The molecular formula is C20H19FN2OS. The number of amides is 1. The van der Waals surface area contributed by atoms with Gasteiger partial charge in [0.2, 0.25) is 5.91 Å². The van der Waals surface area contributed by atoms with Crippen molar-refractivity contribution in [1.29, 1.82) is 0 Å². The van der Waals surface area contributed by atoms with E-state index in [-0.39, 0.29) is 18.1 Å². The number of carbonyl (C=O) groups excluding carboxylic acids is 1. The summed E-state index contributed by atoms with van der Waals surface area (Å²) in [5, 5.41) is 5.53. The first-order valence-electron chi connectivity index (χ1n) is 8.15. The van der Waals surface area contributed by atoms with E-state index in [0.29, 0.717) is 11.4 Å². The van der Waals surface area contributed by atoms with E-state index >= 15 is 0 Å². The number of hydrogen-bond acceptors (Lipinski definition) is 3. The predicted octanol–water partition coefficient (Wildman–Crippen LogP) is 5.00. The lowest BCUT2D eigenvalue weighted by Crippen LogP contribution is -2.15. The van der Waals surface area contributed by atoms with Crippen molar-refractivity contribution < 1.29 is 9.18 Å². The third-order valence-electron chi connectivity index (χ3n) is 3.98. The van der Waals surface area contributed by atoms with Gasteiger partial charge in [-0.3, -0.25) is 4.79 Å². The molecule has 0 aliphatic heterocycles. The van der Waals surface area contributed by atoms with Crippen LogP contribution in [-0.2, 0) is 17.6 Å². The lowest BCUT2D eigenvalue weighted by Gasteiger charge is -2.07. The van der Waals surface area contributed by atoms with Crippen LogP contribution < -0.4 is 5.32 Å². The molecule has 0 saturated carbocycles. The number of nitrogens with zero attached hydrogens (tertiary/aromatic N) is 1. The van der Waals surface area contributed by atoms with E-state index in [4.69, 9.17) is 0 Å². The van der Waals surface area contributed by atoms with Crippen LogP contribution in [0.15, 0.2) is 47.8 Å². The summed E-state index contributed by atoms with van der Waals surface area (Å²) in [5.41, 5.74) is 4.37. The van der Waals surface area contributed by atoms with E-state index in [2.05, 4.69) is 41.5 Å². The molecule has 1 N–H and O–H groups in total. The predicted molar refractivity (Wildman–Crippen MR) is 100 cm³/mol. The van der Waals surface area contributed by atoms with Crippen molar-refractivity contribution in [2.75, 3.05) is 5.32 Å². The zero-order valence-corrected chi connectivity index (χ0v) is 15.0. The Morgan fingerprint density at radius 3 is 2.68 bits per heavy atom. The fraction of sp³-hybridized carbons (Fsp3) is 0.200. The van der Waals surface area contributed by atoms with Gasteiger partial charge in [0.15, 0.2) is 0 Å². The quantitative estimate of drug-likeness (QED) is 0.700. The Morgan fingerprint density at radius 1 is 1.20 bits per heavy atom. The largest absolute Gasteiger partial charge is 0.325 e. The van der Waals surface area contributed by atoms with Gasteiger partial charge in [-0.25, -0.2) is 9.37 Å². The van der Waals surface area contributed by atoms with Crippen LogP contribution in [0.5, 0.6) is 0 Å². The first-order chi connectivity index (χ1) is 12.0. The van der Waals surface area contributed by atoms with Crippen LogP contribution in [0.1, 0.15) is 23.7 Å².